The van der Waals surface area contributed by atoms with Crippen molar-refractivity contribution in [1.82, 2.24) is 4.90 Å². The molecule has 0 aromatic heterocycles. The molecule has 0 aliphatic heterocycles. The molecule has 0 heterocycles. The summed E-state index contributed by atoms with van der Waals surface area (Å²) in [5, 5.41) is 0. The number of nitrogens with zero attached hydrogens (tertiary/aromatic N) is 1. The SMILES string of the molecule is CCCCOc1cc(N)ccc1C(=O)OCCN(C)C. The molecule has 20 heavy (non-hydrogen) atoms. The van der Waals surface area contributed by atoms with Crippen LogP contribution in [0.1, 0.15) is 30.1 Å². The fourth-order valence-corrected chi connectivity index (χ4v) is 1.55. The van der Waals surface area contributed by atoms with Crippen molar-refractivity contribution < 1.29 is 14.3 Å². The van der Waals surface area contributed by atoms with Gasteiger partial charge in [-0.3, -0.25) is 0 Å². The summed E-state index contributed by atoms with van der Waals surface area (Å²) in [4.78, 5) is 14.0. The van der Waals surface area contributed by atoms with Crippen molar-refractivity contribution in [1.29, 1.82) is 0 Å². The number of rotatable bonds is 8. The summed E-state index contributed by atoms with van der Waals surface area (Å²) in [6.45, 7) is 3.69. The van der Waals surface area contributed by atoms with E-state index in [1.54, 1.807) is 18.2 Å². The van der Waals surface area contributed by atoms with E-state index < -0.39 is 0 Å². The second-order valence-electron chi connectivity index (χ2n) is 4.90. The van der Waals surface area contributed by atoms with E-state index in [1.165, 1.54) is 0 Å². The van der Waals surface area contributed by atoms with Crippen LogP contribution in [0.5, 0.6) is 5.75 Å². The van der Waals surface area contributed by atoms with E-state index in [0.717, 1.165) is 12.8 Å². The Labute approximate surface area is 120 Å². The summed E-state index contributed by atoms with van der Waals surface area (Å²) in [7, 11) is 3.85. The van der Waals surface area contributed by atoms with Crippen LogP contribution in [0.2, 0.25) is 0 Å². The molecule has 1 aromatic carbocycles. The van der Waals surface area contributed by atoms with Crippen LogP contribution in [0.25, 0.3) is 0 Å². The number of hydrogen-bond acceptors (Lipinski definition) is 5. The van der Waals surface area contributed by atoms with Gasteiger partial charge in [0.25, 0.3) is 0 Å². The number of carbonyl (C=O) groups is 1. The molecule has 0 amide bonds. The third-order valence-corrected chi connectivity index (χ3v) is 2.75. The molecule has 0 unspecified atom stereocenters. The molecule has 5 heteroatoms. The Balaban J connectivity index is 2.68. The number of nitrogens with two attached hydrogens (primary N) is 1. The van der Waals surface area contributed by atoms with Crippen LogP contribution in [-0.2, 0) is 4.74 Å². The van der Waals surface area contributed by atoms with E-state index in [9.17, 15) is 4.79 Å². The van der Waals surface area contributed by atoms with Crippen molar-refractivity contribution in [3.63, 3.8) is 0 Å². The fourth-order valence-electron chi connectivity index (χ4n) is 1.55. The number of ether oxygens (including phenoxy) is 2. The molecule has 0 aliphatic rings. The normalized spacial score (nSPS) is 10.6. The molecule has 112 valence electrons. The van der Waals surface area contributed by atoms with Crippen LogP contribution in [0.3, 0.4) is 0 Å². The molecule has 0 spiro atoms. The van der Waals surface area contributed by atoms with E-state index in [1.807, 2.05) is 19.0 Å². The lowest BCUT2D eigenvalue weighted by Crippen LogP contribution is -2.20. The quantitative estimate of drug-likeness (QED) is 0.449. The molecule has 0 aliphatic carbocycles. The van der Waals surface area contributed by atoms with Crippen molar-refractivity contribution in [3.05, 3.63) is 23.8 Å². The largest absolute Gasteiger partial charge is 0.493 e. The Hall–Kier alpha value is -1.75. The van der Waals surface area contributed by atoms with E-state index in [0.29, 0.717) is 36.8 Å². The van der Waals surface area contributed by atoms with E-state index in [-0.39, 0.29) is 5.97 Å². The first-order valence-corrected chi connectivity index (χ1v) is 6.88. The molecular weight excluding hydrogens is 256 g/mol. The second-order valence-corrected chi connectivity index (χ2v) is 4.90. The fraction of sp³-hybridized carbons (Fsp3) is 0.533. The number of carbonyl (C=O) groups excluding carboxylic acids is 1. The van der Waals surface area contributed by atoms with Crippen LogP contribution in [0.15, 0.2) is 18.2 Å². The minimum absolute atomic E-state index is 0.352. The van der Waals surface area contributed by atoms with Crippen LogP contribution in [0, 0.1) is 0 Å². The lowest BCUT2D eigenvalue weighted by atomic mass is 10.2. The summed E-state index contributed by atoms with van der Waals surface area (Å²) in [6, 6.07) is 4.99. The molecule has 0 saturated carbocycles. The molecule has 0 bridgehead atoms. The summed E-state index contributed by atoms with van der Waals surface area (Å²) in [5.74, 6) is 0.117. The maximum absolute atomic E-state index is 12.0. The van der Waals surface area contributed by atoms with Gasteiger partial charge >= 0.3 is 5.97 Å². The molecule has 2 N–H and O–H groups in total. The zero-order valence-corrected chi connectivity index (χ0v) is 12.5. The van der Waals surface area contributed by atoms with Gasteiger partial charge in [0.05, 0.1) is 6.61 Å². The number of anilines is 1. The van der Waals surface area contributed by atoms with Crippen molar-refractivity contribution in [2.24, 2.45) is 0 Å². The second kappa shape index (κ2) is 8.43. The zero-order chi connectivity index (χ0) is 15.0. The van der Waals surface area contributed by atoms with Crippen molar-refractivity contribution in [3.8, 4) is 5.75 Å². The first kappa shape index (κ1) is 16.3. The lowest BCUT2D eigenvalue weighted by Gasteiger charge is -2.13. The smallest absolute Gasteiger partial charge is 0.341 e. The number of unbranched alkanes of at least 4 members (excludes halogenated alkanes) is 1. The predicted molar refractivity (Wildman–Crippen MR) is 80.1 cm³/mol. The highest BCUT2D eigenvalue weighted by Crippen LogP contribution is 2.23. The monoisotopic (exact) mass is 280 g/mol. The van der Waals surface area contributed by atoms with Gasteiger partial charge in [-0.2, -0.15) is 0 Å². The molecule has 0 fully saturated rings. The van der Waals surface area contributed by atoms with E-state index in [4.69, 9.17) is 15.2 Å². The van der Waals surface area contributed by atoms with Gasteiger partial charge < -0.3 is 20.1 Å². The first-order valence-electron chi connectivity index (χ1n) is 6.88. The van der Waals surface area contributed by atoms with Crippen LogP contribution >= 0.6 is 0 Å². The summed E-state index contributed by atoms with van der Waals surface area (Å²) < 4.78 is 10.8. The summed E-state index contributed by atoms with van der Waals surface area (Å²) in [6.07, 6.45) is 1.97. The Kier molecular flexibility index (Phi) is 6.87. The molecule has 1 aromatic rings. The third kappa shape index (κ3) is 5.48. The number of hydrogen-bond donors (Lipinski definition) is 1. The third-order valence-electron chi connectivity index (χ3n) is 2.75. The average molecular weight is 280 g/mol. The van der Waals surface area contributed by atoms with Gasteiger partial charge in [0.1, 0.15) is 17.9 Å². The van der Waals surface area contributed by atoms with Crippen molar-refractivity contribution in [2.45, 2.75) is 19.8 Å². The molecule has 0 atom stereocenters. The minimum atomic E-state index is -0.377. The van der Waals surface area contributed by atoms with Crippen LogP contribution < -0.4 is 10.5 Å². The van der Waals surface area contributed by atoms with Crippen LogP contribution in [-0.4, -0.2) is 44.7 Å². The Bertz CT molecular complexity index is 433. The van der Waals surface area contributed by atoms with Crippen molar-refractivity contribution >= 4 is 11.7 Å². The first-order chi connectivity index (χ1) is 9.54. The Morgan fingerprint density at radius 2 is 2.05 bits per heavy atom. The highest BCUT2D eigenvalue weighted by Gasteiger charge is 2.14. The van der Waals surface area contributed by atoms with Gasteiger partial charge in [-0.05, 0) is 32.6 Å². The lowest BCUT2D eigenvalue weighted by molar-refractivity contribution is 0.0477. The topological polar surface area (TPSA) is 64.8 Å². The molecule has 5 nitrogen and oxygen atoms in total. The van der Waals surface area contributed by atoms with Gasteiger partial charge in [0.2, 0.25) is 0 Å². The Morgan fingerprint density at radius 1 is 1.30 bits per heavy atom. The highest BCUT2D eigenvalue weighted by atomic mass is 16.5. The minimum Gasteiger partial charge on any atom is -0.493 e. The summed E-state index contributed by atoms with van der Waals surface area (Å²) in [5.41, 5.74) is 6.73. The van der Waals surface area contributed by atoms with E-state index in [2.05, 4.69) is 6.92 Å². The highest BCUT2D eigenvalue weighted by molar-refractivity contribution is 5.93. The van der Waals surface area contributed by atoms with Gasteiger partial charge in [-0.1, -0.05) is 13.3 Å². The average Bonchev–Trinajstić information content (AvgIpc) is 2.38. The molecular formula is C15H24N2O3. The molecule has 1 rings (SSSR count). The zero-order valence-electron chi connectivity index (χ0n) is 12.5. The van der Waals surface area contributed by atoms with Gasteiger partial charge in [0.15, 0.2) is 0 Å². The summed E-state index contributed by atoms with van der Waals surface area (Å²) >= 11 is 0. The maximum atomic E-state index is 12.0. The van der Waals surface area contributed by atoms with Gasteiger partial charge in [0, 0.05) is 18.3 Å². The predicted octanol–water partition coefficient (Wildman–Crippen LogP) is 2.17. The number of nitrogen functional groups attached to an aromatic ring is 1. The van der Waals surface area contributed by atoms with Crippen molar-refractivity contribution in [2.75, 3.05) is 39.6 Å². The molecule has 0 radical (unpaired) electrons. The van der Waals surface area contributed by atoms with E-state index >= 15 is 0 Å². The number of esters is 1. The van der Waals surface area contributed by atoms with Gasteiger partial charge in [-0.25, -0.2) is 4.79 Å². The Morgan fingerprint density at radius 3 is 2.70 bits per heavy atom. The van der Waals surface area contributed by atoms with Gasteiger partial charge in [-0.15, -0.1) is 0 Å². The van der Waals surface area contributed by atoms with Crippen LogP contribution in [0.4, 0.5) is 5.69 Å². The number of benzene rings is 1. The molecule has 0 saturated heterocycles. The maximum Gasteiger partial charge on any atom is 0.341 e. The number of likely N-dealkylation sites (N-methyl/N-ethyl adjacent to an activating group) is 1. The standard InChI is InChI=1S/C15H24N2O3/c1-4-5-9-19-14-11-12(16)6-7-13(14)15(18)20-10-8-17(2)3/h6-7,11H,4-5,8-10,16H2,1-3H3.